The molecule has 1 aliphatic heterocycles. The Hall–Kier alpha value is -1.62. The second kappa shape index (κ2) is 4.49. The van der Waals surface area contributed by atoms with Crippen molar-refractivity contribution in [2.75, 3.05) is 18.0 Å². The summed E-state index contributed by atoms with van der Waals surface area (Å²) in [6.07, 6.45) is 0. The predicted molar refractivity (Wildman–Crippen MR) is 74.6 cm³/mol. The maximum atomic E-state index is 10.7. The number of non-ortho nitro benzene ring substituents is 1. The fraction of sp³-hybridized carbons (Fsp3) is 0.571. The third kappa shape index (κ3) is 3.23. The first kappa shape index (κ1) is 13.8. The molecule has 0 amide bonds. The average molecular weight is 264 g/mol. The summed E-state index contributed by atoms with van der Waals surface area (Å²) >= 11 is 0. The number of hydrogen-bond acceptors (Lipinski definition) is 4. The van der Waals surface area contributed by atoms with Gasteiger partial charge in [-0.05, 0) is 39.8 Å². The zero-order chi connectivity index (χ0) is 14.3. The van der Waals surface area contributed by atoms with Gasteiger partial charge >= 0.3 is 0 Å². The molecule has 1 heterocycles. The third-order valence-electron chi connectivity index (χ3n) is 3.12. The van der Waals surface area contributed by atoms with E-state index in [2.05, 4.69) is 32.6 Å². The number of morpholine rings is 1. The van der Waals surface area contributed by atoms with E-state index in [1.165, 1.54) is 0 Å². The van der Waals surface area contributed by atoms with E-state index in [4.69, 9.17) is 4.74 Å². The van der Waals surface area contributed by atoms with Gasteiger partial charge in [-0.2, -0.15) is 0 Å². The summed E-state index contributed by atoms with van der Waals surface area (Å²) in [4.78, 5) is 12.5. The molecule has 1 fully saturated rings. The van der Waals surface area contributed by atoms with Crippen LogP contribution in [0.25, 0.3) is 0 Å². The molecular weight excluding hydrogens is 244 g/mol. The van der Waals surface area contributed by atoms with Crippen LogP contribution in [0.3, 0.4) is 0 Å². The summed E-state index contributed by atoms with van der Waals surface area (Å²) in [5, 5.41) is 10.7. The summed E-state index contributed by atoms with van der Waals surface area (Å²) in [5.41, 5.74) is 0.651. The maximum Gasteiger partial charge on any atom is 0.269 e. The Morgan fingerprint density at radius 2 is 1.58 bits per heavy atom. The van der Waals surface area contributed by atoms with Crippen LogP contribution in [0.2, 0.25) is 0 Å². The van der Waals surface area contributed by atoms with E-state index in [1.54, 1.807) is 24.3 Å². The van der Waals surface area contributed by atoms with Crippen LogP contribution in [0, 0.1) is 10.1 Å². The Labute approximate surface area is 113 Å². The molecule has 0 N–H and O–H groups in total. The van der Waals surface area contributed by atoms with E-state index in [1.807, 2.05) is 0 Å². The quantitative estimate of drug-likeness (QED) is 0.608. The summed E-state index contributed by atoms with van der Waals surface area (Å²) in [6.45, 7) is 9.79. The number of nitro benzene ring substituents is 1. The smallest absolute Gasteiger partial charge is 0.269 e. The minimum Gasteiger partial charge on any atom is -0.366 e. The van der Waals surface area contributed by atoms with Crippen LogP contribution in [0.5, 0.6) is 0 Å². The topological polar surface area (TPSA) is 55.6 Å². The number of hydrogen-bond donors (Lipinski definition) is 0. The first-order valence-corrected chi connectivity index (χ1v) is 6.38. The lowest BCUT2D eigenvalue weighted by Gasteiger charge is -2.48. The largest absolute Gasteiger partial charge is 0.366 e. The zero-order valence-electron chi connectivity index (χ0n) is 11.8. The highest BCUT2D eigenvalue weighted by molar-refractivity contribution is 5.51. The van der Waals surface area contributed by atoms with E-state index < -0.39 is 0 Å². The minimum atomic E-state index is -0.378. The van der Waals surface area contributed by atoms with Crippen molar-refractivity contribution in [2.45, 2.75) is 38.9 Å². The number of benzene rings is 1. The minimum absolute atomic E-state index is 0.121. The lowest BCUT2D eigenvalue weighted by molar-refractivity contribution is -0.384. The highest BCUT2D eigenvalue weighted by Gasteiger charge is 2.38. The molecule has 1 aromatic rings. The van der Waals surface area contributed by atoms with Gasteiger partial charge < -0.3 is 9.64 Å². The number of nitrogens with zero attached hydrogens (tertiary/aromatic N) is 2. The highest BCUT2D eigenvalue weighted by Crippen LogP contribution is 2.31. The monoisotopic (exact) mass is 264 g/mol. The van der Waals surface area contributed by atoms with Gasteiger partial charge in [0.05, 0.1) is 16.1 Å². The van der Waals surface area contributed by atoms with Gasteiger partial charge in [0, 0.05) is 30.9 Å². The molecule has 1 aromatic carbocycles. The van der Waals surface area contributed by atoms with Crippen LogP contribution in [0.15, 0.2) is 24.3 Å². The molecule has 1 aliphatic rings. The molecule has 0 radical (unpaired) electrons. The molecule has 19 heavy (non-hydrogen) atoms. The molecule has 5 nitrogen and oxygen atoms in total. The van der Waals surface area contributed by atoms with Gasteiger partial charge in [-0.25, -0.2) is 0 Å². The molecule has 0 unspecified atom stereocenters. The van der Waals surface area contributed by atoms with Crippen LogP contribution in [-0.2, 0) is 4.74 Å². The Balaban J connectivity index is 2.23. The molecule has 0 aliphatic carbocycles. The van der Waals surface area contributed by atoms with Gasteiger partial charge in [-0.15, -0.1) is 0 Å². The fourth-order valence-electron chi connectivity index (χ4n) is 2.76. The van der Waals surface area contributed by atoms with Gasteiger partial charge in [-0.1, -0.05) is 0 Å². The summed E-state index contributed by atoms with van der Waals surface area (Å²) in [6, 6.07) is 6.70. The summed E-state index contributed by atoms with van der Waals surface area (Å²) in [5.74, 6) is 0. The Morgan fingerprint density at radius 1 is 1.11 bits per heavy atom. The number of anilines is 1. The van der Waals surface area contributed by atoms with Crippen LogP contribution < -0.4 is 4.90 Å². The van der Waals surface area contributed by atoms with Gasteiger partial charge in [-0.3, -0.25) is 10.1 Å². The highest BCUT2D eigenvalue weighted by atomic mass is 16.6. The molecule has 5 heteroatoms. The molecular formula is C14H20N2O3. The number of ether oxygens (including phenoxy) is 1. The van der Waals surface area contributed by atoms with Crippen molar-refractivity contribution in [2.24, 2.45) is 0 Å². The van der Waals surface area contributed by atoms with Gasteiger partial charge in [0.1, 0.15) is 0 Å². The summed E-state index contributed by atoms with van der Waals surface area (Å²) in [7, 11) is 0. The van der Waals surface area contributed by atoms with Crippen molar-refractivity contribution < 1.29 is 9.66 Å². The van der Waals surface area contributed by atoms with Crippen LogP contribution in [0.4, 0.5) is 11.4 Å². The van der Waals surface area contributed by atoms with Gasteiger partial charge in [0.2, 0.25) is 0 Å². The van der Waals surface area contributed by atoms with Crippen molar-refractivity contribution in [3.05, 3.63) is 34.4 Å². The second-order valence-corrected chi connectivity index (χ2v) is 6.25. The Kier molecular flexibility index (Phi) is 3.26. The Bertz CT molecular complexity index is 464. The van der Waals surface area contributed by atoms with E-state index in [-0.39, 0.29) is 21.8 Å². The van der Waals surface area contributed by atoms with E-state index in [0.717, 1.165) is 18.8 Å². The van der Waals surface area contributed by atoms with Gasteiger partial charge in [0.25, 0.3) is 5.69 Å². The van der Waals surface area contributed by atoms with E-state index in [0.29, 0.717) is 0 Å². The van der Waals surface area contributed by atoms with E-state index >= 15 is 0 Å². The SMILES string of the molecule is CC1(C)CN(c2ccc([N+](=O)[O-])cc2)CC(C)(C)O1. The van der Waals surface area contributed by atoms with Crippen molar-refractivity contribution in [3.63, 3.8) is 0 Å². The van der Waals surface area contributed by atoms with Crippen LogP contribution in [-0.4, -0.2) is 29.2 Å². The van der Waals surface area contributed by atoms with Gasteiger partial charge in [0.15, 0.2) is 0 Å². The van der Waals surface area contributed by atoms with Crippen molar-refractivity contribution >= 4 is 11.4 Å². The van der Waals surface area contributed by atoms with Crippen molar-refractivity contribution in [1.29, 1.82) is 0 Å². The first-order valence-electron chi connectivity index (χ1n) is 6.38. The average Bonchev–Trinajstić information content (AvgIpc) is 2.25. The molecule has 2 rings (SSSR count). The molecule has 0 atom stereocenters. The van der Waals surface area contributed by atoms with E-state index in [9.17, 15) is 10.1 Å². The van der Waals surface area contributed by atoms with Crippen molar-refractivity contribution in [3.8, 4) is 0 Å². The molecule has 104 valence electrons. The number of nitro groups is 1. The molecule has 0 saturated carbocycles. The van der Waals surface area contributed by atoms with Crippen LogP contribution in [0.1, 0.15) is 27.7 Å². The lowest BCUT2D eigenvalue weighted by Crippen LogP contribution is -2.57. The lowest BCUT2D eigenvalue weighted by atomic mass is 9.98. The molecule has 0 bridgehead atoms. The second-order valence-electron chi connectivity index (χ2n) is 6.25. The predicted octanol–water partition coefficient (Wildman–Crippen LogP) is 2.99. The molecule has 0 aromatic heterocycles. The Morgan fingerprint density at radius 3 is 2.00 bits per heavy atom. The van der Waals surface area contributed by atoms with Crippen LogP contribution >= 0.6 is 0 Å². The molecule has 1 saturated heterocycles. The fourth-order valence-corrected chi connectivity index (χ4v) is 2.76. The molecule has 0 spiro atoms. The standard InChI is InChI=1S/C14H20N2O3/c1-13(2)9-15(10-14(3,4)19-13)11-5-7-12(8-6-11)16(17)18/h5-8H,9-10H2,1-4H3. The zero-order valence-corrected chi connectivity index (χ0v) is 11.8. The van der Waals surface area contributed by atoms with Crippen molar-refractivity contribution in [1.82, 2.24) is 0 Å². The maximum absolute atomic E-state index is 10.7. The number of rotatable bonds is 2. The normalized spacial score (nSPS) is 21.2. The summed E-state index contributed by atoms with van der Waals surface area (Å²) < 4.78 is 6.02. The first-order chi connectivity index (χ1) is 8.69. The third-order valence-corrected chi connectivity index (χ3v) is 3.12.